The normalized spacial score (nSPS) is 17.2. The molecule has 0 unspecified atom stereocenters. The van der Waals surface area contributed by atoms with Gasteiger partial charge in [-0.05, 0) is 12.8 Å². The van der Waals surface area contributed by atoms with Crippen molar-refractivity contribution < 1.29 is 38.2 Å². The summed E-state index contributed by atoms with van der Waals surface area (Å²) in [5.74, 6) is -2.90. The maximum atomic E-state index is 12.6. The first-order valence-electron chi connectivity index (χ1n) is 9.11. The lowest BCUT2D eigenvalue weighted by atomic mass is 9.98. The minimum atomic E-state index is -0.935. The molecule has 2 aliphatic rings. The Morgan fingerprint density at radius 3 is 2.37 bits per heavy atom. The molecular formula is C18H21N3O8S. The summed E-state index contributed by atoms with van der Waals surface area (Å²) >= 11 is 0.798. The van der Waals surface area contributed by atoms with Gasteiger partial charge in [0, 0.05) is 5.56 Å². The molecule has 0 atom stereocenters. The molecule has 0 aromatic carbocycles. The van der Waals surface area contributed by atoms with Gasteiger partial charge in [-0.1, -0.05) is 12.8 Å². The molecule has 1 saturated heterocycles. The second-order valence-corrected chi connectivity index (χ2v) is 7.96. The van der Waals surface area contributed by atoms with E-state index in [1.54, 1.807) is 0 Å². The summed E-state index contributed by atoms with van der Waals surface area (Å²) in [5.41, 5.74) is 4.82. The Hall–Kier alpha value is -3.15. The van der Waals surface area contributed by atoms with Gasteiger partial charge in [-0.15, -0.1) is 11.3 Å². The number of nitrogen functional groups attached to an aromatic ring is 1. The average Bonchev–Trinajstić information content (AvgIpc) is 3.38. The van der Waals surface area contributed by atoms with E-state index in [0.29, 0.717) is 12.8 Å². The topological polar surface area (TPSA) is 154 Å². The first-order valence-corrected chi connectivity index (χ1v) is 9.93. The van der Waals surface area contributed by atoms with E-state index in [2.05, 4.69) is 14.8 Å². The van der Waals surface area contributed by atoms with E-state index >= 15 is 0 Å². The van der Waals surface area contributed by atoms with Crippen LogP contribution in [0.2, 0.25) is 0 Å². The smallest absolute Gasteiger partial charge is 0.348 e. The van der Waals surface area contributed by atoms with E-state index < -0.39 is 48.5 Å². The highest BCUT2D eigenvalue weighted by atomic mass is 32.1. The molecule has 3 rings (SSSR count). The molecule has 11 nitrogen and oxygen atoms in total. The maximum Gasteiger partial charge on any atom is 0.348 e. The number of methoxy groups -OCH3 is 2. The fraction of sp³-hybridized carbons (Fsp3) is 0.500. The molecule has 3 amide bonds. The maximum absolute atomic E-state index is 12.6. The second-order valence-electron chi connectivity index (χ2n) is 6.90. The zero-order chi connectivity index (χ0) is 22.1. The molecule has 1 aromatic rings. The molecule has 2 fully saturated rings. The van der Waals surface area contributed by atoms with E-state index in [0.717, 1.165) is 43.3 Å². The summed E-state index contributed by atoms with van der Waals surface area (Å²) < 4.78 is 14.5. The Morgan fingerprint density at radius 1 is 1.13 bits per heavy atom. The zero-order valence-electron chi connectivity index (χ0n) is 16.4. The predicted molar refractivity (Wildman–Crippen MR) is 103 cm³/mol. The van der Waals surface area contributed by atoms with Gasteiger partial charge >= 0.3 is 23.9 Å². The second kappa shape index (κ2) is 8.30. The fourth-order valence-electron chi connectivity index (χ4n) is 3.67. The number of carbonyl (C=O) groups excluding carboxylic acids is 5. The molecule has 0 bridgehead atoms. The molecule has 1 saturated carbocycles. The van der Waals surface area contributed by atoms with E-state index in [1.807, 2.05) is 0 Å². The number of nitrogens with zero attached hydrogens (tertiary/aromatic N) is 1. The number of nitrogens with two attached hydrogens (primary N) is 1. The number of thiophene rings is 1. The highest BCUT2D eigenvalue weighted by Gasteiger charge is 2.52. The van der Waals surface area contributed by atoms with Crippen LogP contribution in [0.15, 0.2) is 0 Å². The molecular weight excluding hydrogens is 418 g/mol. The van der Waals surface area contributed by atoms with Crippen LogP contribution in [-0.4, -0.2) is 61.0 Å². The van der Waals surface area contributed by atoms with Gasteiger partial charge in [0.05, 0.1) is 14.2 Å². The van der Waals surface area contributed by atoms with Crippen LogP contribution in [0.5, 0.6) is 0 Å². The van der Waals surface area contributed by atoms with Crippen LogP contribution in [0, 0.1) is 0 Å². The number of ether oxygens (including phenoxy) is 3. The number of carbonyl (C=O) groups is 5. The largest absolute Gasteiger partial charge is 0.465 e. The molecule has 1 aromatic heterocycles. The van der Waals surface area contributed by atoms with Gasteiger partial charge in [0.15, 0.2) is 0 Å². The first kappa shape index (κ1) is 21.6. The van der Waals surface area contributed by atoms with Crippen molar-refractivity contribution in [2.45, 2.75) is 37.8 Å². The number of urea groups is 1. The van der Waals surface area contributed by atoms with Crippen LogP contribution < -0.4 is 11.1 Å². The summed E-state index contributed by atoms with van der Waals surface area (Å²) in [7, 11) is 2.30. The van der Waals surface area contributed by atoms with Gasteiger partial charge in [0.25, 0.3) is 5.91 Å². The van der Waals surface area contributed by atoms with Crippen molar-refractivity contribution in [2.24, 2.45) is 0 Å². The number of imide groups is 1. The summed E-state index contributed by atoms with van der Waals surface area (Å²) in [6.07, 6.45) is 2.69. The van der Waals surface area contributed by atoms with E-state index in [9.17, 15) is 24.0 Å². The molecule has 12 heteroatoms. The third-order valence-corrected chi connectivity index (χ3v) is 6.20. The Balaban J connectivity index is 1.73. The van der Waals surface area contributed by atoms with Gasteiger partial charge < -0.3 is 25.3 Å². The van der Waals surface area contributed by atoms with E-state index in [1.165, 1.54) is 0 Å². The lowest BCUT2D eigenvalue weighted by Gasteiger charge is -2.19. The first-order chi connectivity index (χ1) is 14.2. The van der Waals surface area contributed by atoms with Gasteiger partial charge in [-0.3, -0.25) is 14.5 Å². The van der Waals surface area contributed by atoms with Gasteiger partial charge in [-0.2, -0.15) is 0 Å². The number of esters is 3. The summed E-state index contributed by atoms with van der Waals surface area (Å²) in [4.78, 5) is 61.9. The Bertz CT molecular complexity index is 919. The number of anilines is 1. The van der Waals surface area contributed by atoms with Crippen LogP contribution in [0.25, 0.3) is 0 Å². The SMILES string of the molecule is COC(=O)c1sc(N)c(C(=O)OC)c1COC(=O)CN1C(=O)NC2(CCCC2)C1=O. The van der Waals surface area contributed by atoms with Crippen molar-refractivity contribution in [3.05, 3.63) is 16.0 Å². The molecule has 162 valence electrons. The van der Waals surface area contributed by atoms with Crippen LogP contribution in [-0.2, 0) is 30.4 Å². The quantitative estimate of drug-likeness (QED) is 0.372. The zero-order valence-corrected chi connectivity index (χ0v) is 17.3. The van der Waals surface area contributed by atoms with Crippen molar-refractivity contribution in [3.8, 4) is 0 Å². The van der Waals surface area contributed by atoms with Crippen molar-refractivity contribution >= 4 is 46.2 Å². The third-order valence-electron chi connectivity index (χ3n) is 5.16. The molecule has 30 heavy (non-hydrogen) atoms. The highest BCUT2D eigenvalue weighted by Crippen LogP contribution is 2.35. The van der Waals surface area contributed by atoms with Gasteiger partial charge in [0.2, 0.25) is 0 Å². The Labute approximate surface area is 175 Å². The number of hydrogen-bond donors (Lipinski definition) is 2. The average molecular weight is 439 g/mol. The minimum absolute atomic E-state index is 0.00516. The van der Waals surface area contributed by atoms with Crippen LogP contribution >= 0.6 is 11.3 Å². The Morgan fingerprint density at radius 2 is 1.77 bits per heavy atom. The highest BCUT2D eigenvalue weighted by molar-refractivity contribution is 7.18. The fourth-order valence-corrected chi connectivity index (χ4v) is 4.65. The summed E-state index contributed by atoms with van der Waals surface area (Å²) in [5, 5.41) is 2.67. The Kier molecular flexibility index (Phi) is 5.97. The molecule has 1 spiro atoms. The molecule has 0 radical (unpaired) electrons. The van der Waals surface area contributed by atoms with Crippen LogP contribution in [0.4, 0.5) is 9.80 Å². The number of nitrogens with one attached hydrogen (secondary N) is 1. The number of rotatable bonds is 6. The van der Waals surface area contributed by atoms with Crippen molar-refractivity contribution in [2.75, 3.05) is 26.5 Å². The molecule has 1 aliphatic heterocycles. The van der Waals surface area contributed by atoms with E-state index in [4.69, 9.17) is 10.5 Å². The molecule has 2 heterocycles. The summed E-state index contributed by atoms with van der Waals surface area (Å²) in [6.45, 7) is -1.08. The standard InChI is InChI=1S/C18H21N3O8S/c1-27-14(23)11-9(12(15(24)28-2)30-13(11)19)8-29-10(22)7-21-16(25)18(20-17(21)26)5-3-4-6-18/h3-8,19H2,1-2H3,(H,20,26). The van der Waals surface area contributed by atoms with Gasteiger partial charge in [-0.25, -0.2) is 14.4 Å². The number of hydrogen-bond acceptors (Lipinski definition) is 10. The number of amides is 3. The van der Waals surface area contributed by atoms with E-state index in [-0.39, 0.29) is 21.0 Å². The lowest BCUT2D eigenvalue weighted by Crippen LogP contribution is -2.44. The van der Waals surface area contributed by atoms with Crippen molar-refractivity contribution in [1.82, 2.24) is 10.2 Å². The summed E-state index contributed by atoms with van der Waals surface area (Å²) in [6, 6.07) is -0.649. The van der Waals surface area contributed by atoms with Crippen LogP contribution in [0.3, 0.4) is 0 Å². The third kappa shape index (κ3) is 3.70. The van der Waals surface area contributed by atoms with Gasteiger partial charge in [0.1, 0.15) is 34.1 Å². The predicted octanol–water partition coefficient (Wildman–Crippen LogP) is 0.811. The molecule has 3 N–H and O–H groups in total. The monoisotopic (exact) mass is 439 g/mol. The lowest BCUT2D eigenvalue weighted by molar-refractivity contribution is -0.148. The van der Waals surface area contributed by atoms with Crippen molar-refractivity contribution in [3.63, 3.8) is 0 Å². The van der Waals surface area contributed by atoms with Crippen molar-refractivity contribution in [1.29, 1.82) is 0 Å². The minimum Gasteiger partial charge on any atom is -0.465 e. The molecule has 1 aliphatic carbocycles. The van der Waals surface area contributed by atoms with Crippen LogP contribution in [0.1, 0.15) is 51.3 Å².